The largest absolute Gasteiger partial charge is 0.353 e. The van der Waals surface area contributed by atoms with Crippen LogP contribution in [0, 0.1) is 0 Å². The number of aromatic nitrogens is 2. The molecule has 3 aromatic rings. The Labute approximate surface area is 168 Å². The molecule has 0 saturated carbocycles. The number of amides is 2. The van der Waals surface area contributed by atoms with Crippen molar-refractivity contribution in [3.8, 4) is 0 Å². The van der Waals surface area contributed by atoms with E-state index in [9.17, 15) is 9.59 Å². The van der Waals surface area contributed by atoms with Gasteiger partial charge in [-0.2, -0.15) is 0 Å². The predicted molar refractivity (Wildman–Crippen MR) is 107 cm³/mol. The Kier molecular flexibility index (Phi) is 5.53. The van der Waals surface area contributed by atoms with Crippen molar-refractivity contribution in [2.75, 3.05) is 20.1 Å². The summed E-state index contributed by atoms with van der Waals surface area (Å²) in [5.74, 6) is -0.174. The third kappa shape index (κ3) is 4.43. The third-order valence-electron chi connectivity index (χ3n) is 5.20. The number of rotatable bonds is 6. The van der Waals surface area contributed by atoms with Crippen LogP contribution in [0.15, 0.2) is 53.2 Å². The number of hydrogen-bond donors (Lipinski definition) is 1. The van der Waals surface area contributed by atoms with Crippen LogP contribution in [0.2, 0.25) is 0 Å². The fourth-order valence-corrected chi connectivity index (χ4v) is 3.60. The topological polar surface area (TPSA) is 91.6 Å². The first kappa shape index (κ1) is 19.1. The lowest BCUT2D eigenvalue weighted by Gasteiger charge is -2.35. The van der Waals surface area contributed by atoms with E-state index in [1.807, 2.05) is 48.5 Å². The van der Waals surface area contributed by atoms with Crippen LogP contribution in [0.25, 0.3) is 11.0 Å². The van der Waals surface area contributed by atoms with Crippen LogP contribution in [-0.4, -0.2) is 58.1 Å². The fourth-order valence-electron chi connectivity index (χ4n) is 3.60. The first-order chi connectivity index (χ1) is 14.1. The second kappa shape index (κ2) is 8.40. The molecule has 1 aliphatic rings. The number of fused-ring (bicyclic) bond motifs is 1. The van der Waals surface area contributed by atoms with Gasteiger partial charge in [0.05, 0.1) is 12.5 Å². The second-order valence-electron chi connectivity index (χ2n) is 7.30. The number of piperazine rings is 1. The molecule has 1 aliphatic heterocycles. The normalized spacial score (nSPS) is 17.3. The van der Waals surface area contributed by atoms with Gasteiger partial charge in [0.2, 0.25) is 11.8 Å². The number of carbonyl (C=O) groups is 2. The van der Waals surface area contributed by atoms with E-state index in [-0.39, 0.29) is 18.2 Å². The van der Waals surface area contributed by atoms with Crippen molar-refractivity contribution in [3.63, 3.8) is 0 Å². The van der Waals surface area contributed by atoms with E-state index in [1.54, 1.807) is 11.9 Å². The van der Waals surface area contributed by atoms with Crippen LogP contribution < -0.4 is 5.32 Å². The first-order valence-corrected chi connectivity index (χ1v) is 9.61. The van der Waals surface area contributed by atoms with Gasteiger partial charge in [0, 0.05) is 33.2 Å². The number of nitrogens with zero attached hydrogens (tertiary/aromatic N) is 4. The van der Waals surface area contributed by atoms with E-state index >= 15 is 0 Å². The van der Waals surface area contributed by atoms with E-state index in [2.05, 4.69) is 20.5 Å². The molecule has 2 amide bonds. The van der Waals surface area contributed by atoms with Crippen LogP contribution in [0.4, 0.5) is 0 Å². The van der Waals surface area contributed by atoms with Crippen LogP contribution in [0.3, 0.4) is 0 Å². The Morgan fingerprint density at radius 3 is 2.79 bits per heavy atom. The van der Waals surface area contributed by atoms with E-state index in [0.29, 0.717) is 30.7 Å². The fraction of sp³-hybridized carbons (Fsp3) is 0.333. The van der Waals surface area contributed by atoms with E-state index in [0.717, 1.165) is 17.7 Å². The van der Waals surface area contributed by atoms with Crippen molar-refractivity contribution < 1.29 is 14.2 Å². The average molecular weight is 393 g/mol. The molecule has 8 nitrogen and oxygen atoms in total. The molecule has 8 heteroatoms. The van der Waals surface area contributed by atoms with E-state index < -0.39 is 6.04 Å². The minimum atomic E-state index is -0.471. The number of benzene rings is 2. The molecule has 0 spiro atoms. The highest BCUT2D eigenvalue weighted by molar-refractivity contribution is 5.88. The Bertz CT molecular complexity index is 1000. The van der Waals surface area contributed by atoms with Crippen molar-refractivity contribution in [1.82, 2.24) is 25.4 Å². The second-order valence-corrected chi connectivity index (χ2v) is 7.30. The van der Waals surface area contributed by atoms with Crippen molar-refractivity contribution in [1.29, 1.82) is 0 Å². The maximum absolute atomic E-state index is 12.8. The summed E-state index contributed by atoms with van der Waals surface area (Å²) in [5, 5.41) is 10.5. The van der Waals surface area contributed by atoms with Gasteiger partial charge in [-0.25, -0.2) is 4.63 Å². The molecule has 0 bridgehead atoms. The van der Waals surface area contributed by atoms with Crippen molar-refractivity contribution in [2.45, 2.75) is 25.6 Å². The Morgan fingerprint density at radius 2 is 1.97 bits per heavy atom. The lowest BCUT2D eigenvalue weighted by molar-refractivity contribution is -0.138. The van der Waals surface area contributed by atoms with Gasteiger partial charge in [0.1, 0.15) is 11.0 Å². The van der Waals surface area contributed by atoms with E-state index in [4.69, 9.17) is 4.63 Å². The number of carbonyl (C=O) groups excluding carboxylic acids is 2. The van der Waals surface area contributed by atoms with Crippen molar-refractivity contribution in [3.05, 3.63) is 59.7 Å². The summed E-state index contributed by atoms with van der Waals surface area (Å²) in [4.78, 5) is 29.0. The summed E-state index contributed by atoms with van der Waals surface area (Å²) in [5.41, 5.74) is 3.39. The number of hydrogen-bond acceptors (Lipinski definition) is 6. The summed E-state index contributed by atoms with van der Waals surface area (Å²) >= 11 is 0. The molecule has 1 N–H and O–H groups in total. The minimum absolute atomic E-state index is 0.0801. The van der Waals surface area contributed by atoms with Gasteiger partial charge < -0.3 is 10.2 Å². The molecule has 150 valence electrons. The molecule has 1 fully saturated rings. The zero-order chi connectivity index (χ0) is 20.2. The summed E-state index contributed by atoms with van der Waals surface area (Å²) in [7, 11) is 1.75. The van der Waals surface area contributed by atoms with Gasteiger partial charge in [-0.15, -0.1) is 0 Å². The molecule has 1 atom stereocenters. The molecule has 2 aromatic carbocycles. The molecule has 29 heavy (non-hydrogen) atoms. The zero-order valence-electron chi connectivity index (χ0n) is 16.2. The molecule has 0 radical (unpaired) electrons. The SMILES string of the molecule is CN(Cc1ccc2nonc2c1)C(=O)CC1C(=O)NCCN1Cc1ccccc1. The monoisotopic (exact) mass is 393 g/mol. The highest BCUT2D eigenvalue weighted by atomic mass is 16.6. The Morgan fingerprint density at radius 1 is 1.17 bits per heavy atom. The van der Waals surface area contributed by atoms with Crippen LogP contribution in [-0.2, 0) is 22.7 Å². The summed E-state index contributed by atoms with van der Waals surface area (Å²) in [6.45, 7) is 2.39. The maximum Gasteiger partial charge on any atom is 0.237 e. The molecule has 4 rings (SSSR count). The van der Waals surface area contributed by atoms with Gasteiger partial charge >= 0.3 is 0 Å². The van der Waals surface area contributed by atoms with Gasteiger partial charge in [0.15, 0.2) is 0 Å². The number of nitrogens with one attached hydrogen (secondary N) is 1. The molecular formula is C21H23N5O3. The lowest BCUT2D eigenvalue weighted by atomic mass is 10.1. The van der Waals surface area contributed by atoms with Gasteiger partial charge in [-0.1, -0.05) is 36.4 Å². The van der Waals surface area contributed by atoms with Gasteiger partial charge in [-0.05, 0) is 33.6 Å². The first-order valence-electron chi connectivity index (χ1n) is 9.61. The standard InChI is InChI=1S/C21H23N5O3/c1-25(13-16-7-8-17-18(11-16)24-29-23-17)20(27)12-19-21(28)22-9-10-26(19)14-15-5-3-2-4-6-15/h2-8,11,19H,9-10,12-14H2,1H3,(H,22,28). The van der Waals surface area contributed by atoms with Crippen LogP contribution >= 0.6 is 0 Å². The van der Waals surface area contributed by atoms with Crippen molar-refractivity contribution >= 4 is 22.8 Å². The molecule has 0 aliphatic carbocycles. The molecular weight excluding hydrogens is 370 g/mol. The smallest absolute Gasteiger partial charge is 0.237 e. The Balaban J connectivity index is 1.41. The van der Waals surface area contributed by atoms with Crippen LogP contribution in [0.5, 0.6) is 0 Å². The molecule has 1 saturated heterocycles. The third-order valence-corrected chi connectivity index (χ3v) is 5.20. The van der Waals surface area contributed by atoms with Gasteiger partial charge in [0.25, 0.3) is 0 Å². The zero-order valence-corrected chi connectivity index (χ0v) is 16.2. The summed E-state index contributed by atoms with van der Waals surface area (Å²) in [6, 6.07) is 15.1. The summed E-state index contributed by atoms with van der Waals surface area (Å²) < 4.78 is 4.71. The lowest BCUT2D eigenvalue weighted by Crippen LogP contribution is -2.56. The predicted octanol–water partition coefficient (Wildman–Crippen LogP) is 1.57. The molecule has 2 heterocycles. The van der Waals surface area contributed by atoms with E-state index in [1.165, 1.54) is 0 Å². The van der Waals surface area contributed by atoms with Gasteiger partial charge in [-0.3, -0.25) is 14.5 Å². The minimum Gasteiger partial charge on any atom is -0.353 e. The van der Waals surface area contributed by atoms with Crippen LogP contribution in [0.1, 0.15) is 17.5 Å². The molecule has 1 unspecified atom stereocenters. The maximum atomic E-state index is 12.8. The highest BCUT2D eigenvalue weighted by Crippen LogP contribution is 2.17. The molecule has 1 aromatic heterocycles. The highest BCUT2D eigenvalue weighted by Gasteiger charge is 2.32. The quantitative estimate of drug-likeness (QED) is 0.684. The summed E-state index contributed by atoms with van der Waals surface area (Å²) in [6.07, 6.45) is 0.142. The van der Waals surface area contributed by atoms with Crippen molar-refractivity contribution in [2.24, 2.45) is 0 Å². The Hall–Kier alpha value is -3.26. The average Bonchev–Trinajstić information content (AvgIpc) is 3.19.